The van der Waals surface area contributed by atoms with Crippen LogP contribution in [0.25, 0.3) is 0 Å². The molecule has 0 aliphatic rings. The molecule has 0 saturated carbocycles. The summed E-state index contributed by atoms with van der Waals surface area (Å²) in [5, 5.41) is 13.5. The van der Waals surface area contributed by atoms with Crippen molar-refractivity contribution in [3.8, 4) is 12.3 Å². The maximum atomic E-state index is 11.1. The van der Waals surface area contributed by atoms with Crippen molar-refractivity contribution in [1.82, 2.24) is 10.6 Å². The summed E-state index contributed by atoms with van der Waals surface area (Å²) >= 11 is 0. The van der Waals surface area contributed by atoms with E-state index in [1.807, 2.05) is 0 Å². The van der Waals surface area contributed by atoms with Crippen LogP contribution in [0.3, 0.4) is 0 Å². The molecule has 0 radical (unpaired) electrons. The van der Waals surface area contributed by atoms with Gasteiger partial charge in [-0.15, -0.1) is 12.3 Å². The van der Waals surface area contributed by atoms with Crippen LogP contribution in [0.4, 0.5) is 4.79 Å². The maximum Gasteiger partial charge on any atom is 0.326 e. The van der Waals surface area contributed by atoms with Gasteiger partial charge in [-0.25, -0.2) is 9.59 Å². The Morgan fingerprint density at radius 2 is 2.20 bits per heavy atom. The van der Waals surface area contributed by atoms with Gasteiger partial charge < -0.3 is 15.7 Å². The lowest BCUT2D eigenvalue weighted by Crippen LogP contribution is -2.45. The number of carbonyl (C=O) groups excluding carboxylic acids is 1. The largest absolute Gasteiger partial charge is 0.480 e. The minimum atomic E-state index is -1.03. The number of rotatable bonds is 6. The van der Waals surface area contributed by atoms with Gasteiger partial charge in [0.05, 0.1) is 0 Å². The zero-order chi connectivity index (χ0) is 11.7. The van der Waals surface area contributed by atoms with Crippen molar-refractivity contribution in [3.63, 3.8) is 0 Å². The average molecular weight is 212 g/mol. The Morgan fingerprint density at radius 1 is 1.53 bits per heavy atom. The number of unbranched alkanes of at least 4 members (excludes halogenated alkanes) is 1. The number of urea groups is 1. The summed E-state index contributed by atoms with van der Waals surface area (Å²) in [6, 6.07) is -1.31. The molecule has 1 atom stereocenters. The first-order valence-electron chi connectivity index (χ1n) is 4.82. The number of hydrogen-bond acceptors (Lipinski definition) is 2. The summed E-state index contributed by atoms with van der Waals surface area (Å²) in [5.74, 6) is 1.41. The van der Waals surface area contributed by atoms with E-state index in [1.165, 1.54) is 0 Å². The van der Waals surface area contributed by atoms with Gasteiger partial charge in [0, 0.05) is 13.0 Å². The molecule has 2 amide bonds. The van der Waals surface area contributed by atoms with E-state index >= 15 is 0 Å². The lowest BCUT2D eigenvalue weighted by Gasteiger charge is -2.12. The summed E-state index contributed by atoms with van der Waals surface area (Å²) in [6.07, 6.45) is 6.67. The molecular weight excluding hydrogens is 196 g/mol. The highest BCUT2D eigenvalue weighted by Gasteiger charge is 2.16. The number of carboxylic acids is 1. The van der Waals surface area contributed by atoms with Crippen LogP contribution < -0.4 is 10.6 Å². The molecule has 0 aromatic carbocycles. The van der Waals surface area contributed by atoms with Crippen LogP contribution >= 0.6 is 0 Å². The fourth-order valence-corrected chi connectivity index (χ4v) is 0.940. The Bertz CT molecular complexity index is 258. The van der Waals surface area contributed by atoms with Gasteiger partial charge in [-0.2, -0.15) is 0 Å². The smallest absolute Gasteiger partial charge is 0.326 e. The maximum absolute atomic E-state index is 11.1. The summed E-state index contributed by atoms with van der Waals surface area (Å²) < 4.78 is 0. The van der Waals surface area contributed by atoms with Crippen molar-refractivity contribution < 1.29 is 14.7 Å². The number of nitrogens with one attached hydrogen (secondary N) is 2. The molecule has 0 spiro atoms. The second-order valence-corrected chi connectivity index (χ2v) is 3.01. The lowest BCUT2D eigenvalue weighted by atomic mass is 10.2. The minimum absolute atomic E-state index is 0.354. The third-order valence-corrected chi connectivity index (χ3v) is 1.80. The molecule has 0 fully saturated rings. The van der Waals surface area contributed by atoms with Gasteiger partial charge in [0.1, 0.15) is 6.04 Å². The first-order chi connectivity index (χ1) is 7.11. The van der Waals surface area contributed by atoms with E-state index in [0.717, 1.165) is 0 Å². The first kappa shape index (κ1) is 13.3. The second kappa shape index (κ2) is 7.68. The van der Waals surface area contributed by atoms with Crippen molar-refractivity contribution >= 4 is 12.0 Å². The molecule has 0 aliphatic heterocycles. The van der Waals surface area contributed by atoms with E-state index in [4.69, 9.17) is 11.5 Å². The van der Waals surface area contributed by atoms with Crippen molar-refractivity contribution in [2.45, 2.75) is 32.2 Å². The highest BCUT2D eigenvalue weighted by atomic mass is 16.4. The highest BCUT2D eigenvalue weighted by Crippen LogP contribution is 1.90. The SMILES string of the molecule is C#CCCCNC(=O)N[C@@H](CC)C(=O)O. The molecule has 0 rings (SSSR count). The average Bonchev–Trinajstić information content (AvgIpc) is 2.20. The number of carboxylic acid groups (broad SMARTS) is 1. The second-order valence-electron chi connectivity index (χ2n) is 3.01. The molecule has 0 aromatic rings. The van der Waals surface area contributed by atoms with E-state index < -0.39 is 18.0 Å². The van der Waals surface area contributed by atoms with E-state index in [1.54, 1.807) is 6.92 Å². The fourth-order valence-electron chi connectivity index (χ4n) is 0.940. The van der Waals surface area contributed by atoms with Gasteiger partial charge in [0.2, 0.25) is 0 Å². The standard InChI is InChI=1S/C10H16N2O3/c1-3-5-6-7-11-10(15)12-8(4-2)9(13)14/h1,8H,4-7H2,2H3,(H,13,14)(H2,11,12,15)/t8-/m0/s1. The fraction of sp³-hybridized carbons (Fsp3) is 0.600. The molecular formula is C10H16N2O3. The summed E-state index contributed by atoms with van der Waals surface area (Å²) in [5.41, 5.74) is 0. The van der Waals surface area contributed by atoms with Crippen LogP contribution in [0.1, 0.15) is 26.2 Å². The van der Waals surface area contributed by atoms with Gasteiger partial charge in [-0.1, -0.05) is 6.92 Å². The predicted octanol–water partition coefficient (Wildman–Crippen LogP) is 0.562. The Balaban J connectivity index is 3.73. The van der Waals surface area contributed by atoms with Crippen molar-refractivity contribution in [2.75, 3.05) is 6.54 Å². The Hall–Kier alpha value is -1.70. The van der Waals surface area contributed by atoms with Gasteiger partial charge in [0.15, 0.2) is 0 Å². The van der Waals surface area contributed by atoms with Crippen molar-refractivity contribution in [2.24, 2.45) is 0 Å². The molecule has 0 aromatic heterocycles. The van der Waals surface area contributed by atoms with E-state index in [-0.39, 0.29) is 0 Å². The monoisotopic (exact) mass is 212 g/mol. The quantitative estimate of drug-likeness (QED) is 0.444. The van der Waals surface area contributed by atoms with E-state index in [9.17, 15) is 9.59 Å². The predicted molar refractivity (Wildman–Crippen MR) is 56.3 cm³/mol. The summed E-state index contributed by atoms with van der Waals surface area (Å²) in [6.45, 7) is 2.14. The Morgan fingerprint density at radius 3 is 2.67 bits per heavy atom. The number of aliphatic carboxylic acids is 1. The first-order valence-corrected chi connectivity index (χ1v) is 4.82. The van der Waals surface area contributed by atoms with Gasteiger partial charge in [0.25, 0.3) is 0 Å². The van der Waals surface area contributed by atoms with Gasteiger partial charge >= 0.3 is 12.0 Å². The topological polar surface area (TPSA) is 78.4 Å². The van der Waals surface area contributed by atoms with Crippen LogP contribution in [0.5, 0.6) is 0 Å². The zero-order valence-corrected chi connectivity index (χ0v) is 8.75. The molecule has 0 unspecified atom stereocenters. The molecule has 0 aliphatic carbocycles. The Labute approximate surface area is 89.2 Å². The van der Waals surface area contributed by atoms with Crippen LogP contribution in [-0.4, -0.2) is 29.7 Å². The van der Waals surface area contributed by atoms with Crippen LogP contribution in [0.2, 0.25) is 0 Å². The van der Waals surface area contributed by atoms with Gasteiger partial charge in [-0.05, 0) is 12.8 Å². The number of terminal acetylenes is 1. The molecule has 15 heavy (non-hydrogen) atoms. The zero-order valence-electron chi connectivity index (χ0n) is 8.75. The number of carbonyl (C=O) groups is 2. The lowest BCUT2D eigenvalue weighted by molar-refractivity contribution is -0.139. The molecule has 5 nitrogen and oxygen atoms in total. The molecule has 0 saturated heterocycles. The molecule has 5 heteroatoms. The normalized spacial score (nSPS) is 11.2. The third-order valence-electron chi connectivity index (χ3n) is 1.80. The minimum Gasteiger partial charge on any atom is -0.480 e. The molecule has 84 valence electrons. The number of hydrogen-bond donors (Lipinski definition) is 3. The van der Waals surface area contributed by atoms with Gasteiger partial charge in [-0.3, -0.25) is 0 Å². The third kappa shape index (κ3) is 6.38. The summed E-state index contributed by atoms with van der Waals surface area (Å²) in [4.78, 5) is 21.7. The van der Waals surface area contributed by atoms with Crippen LogP contribution in [0, 0.1) is 12.3 Å². The van der Waals surface area contributed by atoms with Crippen LogP contribution in [0.15, 0.2) is 0 Å². The molecule has 0 heterocycles. The number of amides is 2. The van der Waals surface area contributed by atoms with E-state index in [2.05, 4.69) is 16.6 Å². The van der Waals surface area contributed by atoms with Crippen molar-refractivity contribution in [1.29, 1.82) is 0 Å². The Kier molecular flexibility index (Phi) is 6.81. The molecule has 3 N–H and O–H groups in total. The summed E-state index contributed by atoms with van der Waals surface area (Å²) in [7, 11) is 0. The molecule has 0 bridgehead atoms. The highest BCUT2D eigenvalue weighted by molar-refractivity contribution is 5.82. The van der Waals surface area contributed by atoms with E-state index in [0.29, 0.717) is 25.8 Å². The van der Waals surface area contributed by atoms with Crippen molar-refractivity contribution in [3.05, 3.63) is 0 Å². The van der Waals surface area contributed by atoms with Crippen LogP contribution in [-0.2, 0) is 4.79 Å².